The number of fused-ring (bicyclic) bond motifs is 4. The molecule has 0 spiro atoms. The number of hydrogen-bond acceptors (Lipinski definition) is 0. The molecule has 0 aromatic rings. The molecule has 1 heteroatoms. The van der Waals surface area contributed by atoms with E-state index in [0.717, 1.165) is 45.3 Å². The molecule has 25 heavy (non-hydrogen) atoms. The Balaban J connectivity index is 1.32. The van der Waals surface area contributed by atoms with Gasteiger partial charge >= 0.3 is 0 Å². The van der Waals surface area contributed by atoms with Crippen molar-refractivity contribution >= 4 is 22.6 Å². The minimum atomic E-state index is 0.717. The van der Waals surface area contributed by atoms with Crippen LogP contribution in [0.3, 0.4) is 0 Å². The second-order valence-corrected chi connectivity index (χ2v) is 10.5. The molecule has 0 aliphatic heterocycles. The van der Waals surface area contributed by atoms with Gasteiger partial charge in [0.2, 0.25) is 0 Å². The van der Waals surface area contributed by atoms with Crippen LogP contribution in [0, 0.1) is 41.4 Å². The summed E-state index contributed by atoms with van der Waals surface area (Å²) in [6, 6.07) is 0. The standard InChI is InChI=1S/C24H29I/c25-22-11-9-18-13-17(6-7-20(18)15-22)19-10-12-24-21(14-19)8-5-16-3-1-2-4-23(16)24/h2,4-9,11-12,16-23H,1,3,10,13-15H2/t16?,17-,18?,19?,20?,21?,22-,23?/m0/s1. The zero-order valence-electron chi connectivity index (χ0n) is 14.9. The maximum absolute atomic E-state index is 2.65. The summed E-state index contributed by atoms with van der Waals surface area (Å²) in [7, 11) is 0. The van der Waals surface area contributed by atoms with Crippen molar-refractivity contribution in [3.05, 3.63) is 60.3 Å². The van der Waals surface area contributed by atoms with Gasteiger partial charge in [0.1, 0.15) is 0 Å². The molecule has 0 radical (unpaired) electrons. The molecular formula is C24H29I. The zero-order valence-corrected chi connectivity index (χ0v) is 17.1. The van der Waals surface area contributed by atoms with Gasteiger partial charge in [0, 0.05) is 9.84 Å². The van der Waals surface area contributed by atoms with Crippen LogP contribution in [0.2, 0.25) is 0 Å². The van der Waals surface area contributed by atoms with Gasteiger partial charge < -0.3 is 0 Å². The lowest BCUT2D eigenvalue weighted by Crippen LogP contribution is -2.32. The summed E-state index contributed by atoms with van der Waals surface area (Å²) in [5, 5.41) is 0. The van der Waals surface area contributed by atoms with E-state index in [1.165, 1.54) is 38.5 Å². The highest BCUT2D eigenvalue weighted by Gasteiger charge is 2.37. The third-order valence-corrected chi connectivity index (χ3v) is 8.38. The minimum absolute atomic E-state index is 0.717. The first-order chi connectivity index (χ1) is 12.3. The van der Waals surface area contributed by atoms with E-state index >= 15 is 0 Å². The summed E-state index contributed by atoms with van der Waals surface area (Å²) in [6.45, 7) is 0. The van der Waals surface area contributed by atoms with Crippen molar-refractivity contribution in [1.82, 2.24) is 0 Å². The van der Waals surface area contributed by atoms with Crippen LogP contribution in [0.1, 0.15) is 38.5 Å². The summed E-state index contributed by atoms with van der Waals surface area (Å²) in [4.78, 5) is 0. The molecule has 6 unspecified atom stereocenters. The van der Waals surface area contributed by atoms with Crippen molar-refractivity contribution in [2.24, 2.45) is 41.4 Å². The number of rotatable bonds is 1. The van der Waals surface area contributed by atoms with Crippen molar-refractivity contribution in [1.29, 1.82) is 0 Å². The van der Waals surface area contributed by atoms with E-state index in [0.29, 0.717) is 0 Å². The Kier molecular flexibility index (Phi) is 4.56. The first-order valence-electron chi connectivity index (χ1n) is 10.3. The van der Waals surface area contributed by atoms with E-state index in [4.69, 9.17) is 0 Å². The van der Waals surface area contributed by atoms with Gasteiger partial charge in [0.15, 0.2) is 0 Å². The monoisotopic (exact) mass is 444 g/mol. The summed E-state index contributed by atoms with van der Waals surface area (Å²) in [6.07, 6.45) is 30.9. The zero-order chi connectivity index (χ0) is 16.8. The highest BCUT2D eigenvalue weighted by molar-refractivity contribution is 14.1. The van der Waals surface area contributed by atoms with E-state index in [1.54, 1.807) is 5.57 Å². The quantitative estimate of drug-likeness (QED) is 0.241. The molecule has 0 heterocycles. The molecule has 0 amide bonds. The van der Waals surface area contributed by atoms with Crippen LogP contribution in [-0.2, 0) is 0 Å². The first-order valence-corrected chi connectivity index (χ1v) is 11.6. The smallest absolute Gasteiger partial charge is 0.0295 e. The highest BCUT2D eigenvalue weighted by atomic mass is 127. The van der Waals surface area contributed by atoms with Gasteiger partial charge in [0.25, 0.3) is 0 Å². The Labute approximate surface area is 166 Å². The lowest BCUT2D eigenvalue weighted by Gasteiger charge is -2.42. The van der Waals surface area contributed by atoms with Gasteiger partial charge in [-0.3, -0.25) is 0 Å². The van der Waals surface area contributed by atoms with Crippen LogP contribution in [0.4, 0.5) is 0 Å². The summed E-state index contributed by atoms with van der Waals surface area (Å²) < 4.78 is 0.740. The maximum atomic E-state index is 2.65. The lowest BCUT2D eigenvalue weighted by atomic mass is 9.62. The van der Waals surface area contributed by atoms with Gasteiger partial charge in [-0.25, -0.2) is 0 Å². The fraction of sp³-hybridized carbons (Fsp3) is 0.583. The van der Waals surface area contributed by atoms with Gasteiger partial charge in [-0.15, -0.1) is 0 Å². The molecule has 0 fully saturated rings. The normalized spacial score (nSPS) is 47.6. The maximum Gasteiger partial charge on any atom is 0.0295 e. The van der Waals surface area contributed by atoms with Crippen LogP contribution in [0.5, 0.6) is 0 Å². The summed E-state index contributed by atoms with van der Waals surface area (Å²) >= 11 is 2.59. The number of alkyl halides is 1. The summed E-state index contributed by atoms with van der Waals surface area (Å²) in [5.74, 6) is 5.48. The molecule has 0 saturated heterocycles. The molecule has 0 nitrogen and oxygen atoms in total. The minimum Gasteiger partial charge on any atom is -0.0879 e. The van der Waals surface area contributed by atoms with Crippen molar-refractivity contribution in [2.45, 2.75) is 42.4 Å². The average molecular weight is 444 g/mol. The van der Waals surface area contributed by atoms with Gasteiger partial charge in [-0.1, -0.05) is 82.8 Å². The second kappa shape index (κ2) is 6.87. The van der Waals surface area contributed by atoms with Crippen LogP contribution >= 0.6 is 22.6 Å². The predicted octanol–water partition coefficient (Wildman–Crippen LogP) is 6.66. The fourth-order valence-electron chi connectivity index (χ4n) is 6.05. The van der Waals surface area contributed by atoms with Gasteiger partial charge in [-0.2, -0.15) is 0 Å². The van der Waals surface area contributed by atoms with Crippen LogP contribution in [0.25, 0.3) is 0 Å². The molecular weight excluding hydrogens is 415 g/mol. The number of hydrogen-bond donors (Lipinski definition) is 0. The third kappa shape index (κ3) is 3.15. The molecule has 5 rings (SSSR count). The predicted molar refractivity (Wildman–Crippen MR) is 115 cm³/mol. The Hall–Kier alpha value is -0.570. The SMILES string of the molecule is I[C@H]1C=CC2C[C@@H](C3CC=C4C(C=CC5CCC=CC45)C3)C=CC2C1. The van der Waals surface area contributed by atoms with E-state index in [1.807, 2.05) is 0 Å². The summed E-state index contributed by atoms with van der Waals surface area (Å²) in [5.41, 5.74) is 1.75. The van der Waals surface area contributed by atoms with E-state index < -0.39 is 0 Å². The first kappa shape index (κ1) is 16.6. The molecule has 0 N–H and O–H groups in total. The molecule has 0 aromatic heterocycles. The van der Waals surface area contributed by atoms with Crippen LogP contribution in [0.15, 0.2) is 60.3 Å². The van der Waals surface area contributed by atoms with Gasteiger partial charge in [-0.05, 0) is 74.0 Å². The van der Waals surface area contributed by atoms with Crippen molar-refractivity contribution in [3.8, 4) is 0 Å². The Morgan fingerprint density at radius 2 is 1.56 bits per heavy atom. The topological polar surface area (TPSA) is 0 Å². The number of allylic oxidation sites excluding steroid dienone is 10. The number of halogens is 1. The molecule has 0 aromatic carbocycles. The highest BCUT2D eigenvalue weighted by Crippen LogP contribution is 2.48. The largest absolute Gasteiger partial charge is 0.0879 e. The molecule has 132 valence electrons. The van der Waals surface area contributed by atoms with E-state index in [2.05, 4.69) is 77.3 Å². The van der Waals surface area contributed by atoms with Crippen LogP contribution in [-0.4, -0.2) is 3.92 Å². The Morgan fingerprint density at radius 3 is 2.52 bits per heavy atom. The van der Waals surface area contributed by atoms with Crippen molar-refractivity contribution in [2.75, 3.05) is 0 Å². The van der Waals surface area contributed by atoms with Gasteiger partial charge in [0.05, 0.1) is 0 Å². The third-order valence-electron chi connectivity index (χ3n) is 7.46. The average Bonchev–Trinajstić information content (AvgIpc) is 2.67. The molecule has 5 aliphatic rings. The van der Waals surface area contributed by atoms with Crippen molar-refractivity contribution < 1.29 is 0 Å². The molecule has 0 bridgehead atoms. The lowest BCUT2D eigenvalue weighted by molar-refractivity contribution is 0.242. The van der Waals surface area contributed by atoms with E-state index in [9.17, 15) is 0 Å². The second-order valence-electron chi connectivity index (χ2n) is 8.87. The van der Waals surface area contributed by atoms with Crippen LogP contribution < -0.4 is 0 Å². The molecule has 8 atom stereocenters. The Bertz CT molecular complexity index is 664. The fourth-order valence-corrected chi connectivity index (χ4v) is 6.87. The molecule has 5 aliphatic carbocycles. The van der Waals surface area contributed by atoms with Crippen molar-refractivity contribution in [3.63, 3.8) is 0 Å². The molecule has 0 saturated carbocycles. The Morgan fingerprint density at radius 1 is 0.760 bits per heavy atom. The van der Waals surface area contributed by atoms with E-state index in [-0.39, 0.29) is 0 Å².